The topological polar surface area (TPSA) is 24.9 Å². The van der Waals surface area contributed by atoms with E-state index >= 15 is 0 Å². The largest absolute Gasteiger partial charge is 0.376 e. The molecule has 4 heteroatoms. The lowest BCUT2D eigenvalue weighted by atomic mass is 10.2. The molecule has 0 bridgehead atoms. The molecule has 0 radical (unpaired) electrons. The summed E-state index contributed by atoms with van der Waals surface area (Å²) in [7, 11) is 0. The van der Waals surface area contributed by atoms with Gasteiger partial charge in [0.15, 0.2) is 0 Å². The van der Waals surface area contributed by atoms with Crippen molar-refractivity contribution in [1.29, 1.82) is 0 Å². The lowest BCUT2D eigenvalue weighted by Gasteiger charge is -2.34. The van der Waals surface area contributed by atoms with Crippen molar-refractivity contribution in [3.05, 3.63) is 0 Å². The molecule has 118 valence electrons. The third kappa shape index (κ3) is 5.32. The van der Waals surface area contributed by atoms with Crippen LogP contribution < -0.4 is 0 Å². The van der Waals surface area contributed by atoms with Crippen LogP contribution in [0.1, 0.15) is 39.5 Å². The summed E-state index contributed by atoms with van der Waals surface area (Å²) in [6.07, 6.45) is 5.84. The van der Waals surface area contributed by atoms with E-state index in [4.69, 9.17) is 9.47 Å². The van der Waals surface area contributed by atoms with Crippen LogP contribution in [0.2, 0.25) is 0 Å². The van der Waals surface area contributed by atoms with Crippen LogP contribution >= 0.6 is 0 Å². The van der Waals surface area contributed by atoms with Crippen LogP contribution in [0.4, 0.5) is 0 Å². The Hall–Kier alpha value is -0.160. The van der Waals surface area contributed by atoms with E-state index in [0.29, 0.717) is 12.2 Å². The summed E-state index contributed by atoms with van der Waals surface area (Å²) < 4.78 is 11.4. The van der Waals surface area contributed by atoms with E-state index in [2.05, 4.69) is 23.6 Å². The number of nitrogens with zero attached hydrogens (tertiary/aromatic N) is 2. The van der Waals surface area contributed by atoms with Crippen molar-refractivity contribution in [2.45, 2.75) is 51.7 Å². The Morgan fingerprint density at radius 3 is 1.65 bits per heavy atom. The third-order valence-electron chi connectivity index (χ3n) is 4.56. The van der Waals surface area contributed by atoms with Crippen LogP contribution in [0.15, 0.2) is 0 Å². The number of hydrogen-bond donors (Lipinski definition) is 0. The zero-order valence-electron chi connectivity index (χ0n) is 13.4. The lowest BCUT2D eigenvalue weighted by Crippen LogP contribution is -2.43. The minimum Gasteiger partial charge on any atom is -0.376 e. The molecule has 2 aliphatic rings. The second-order valence-electron chi connectivity index (χ2n) is 6.11. The minimum atomic E-state index is 0.466. The van der Waals surface area contributed by atoms with Crippen LogP contribution in [0.5, 0.6) is 0 Å². The van der Waals surface area contributed by atoms with Crippen molar-refractivity contribution >= 4 is 0 Å². The average Bonchev–Trinajstić information content (AvgIpc) is 2.52. The quantitative estimate of drug-likeness (QED) is 0.668. The maximum absolute atomic E-state index is 5.72. The first-order valence-corrected chi connectivity index (χ1v) is 8.49. The van der Waals surface area contributed by atoms with Crippen molar-refractivity contribution in [2.24, 2.45) is 0 Å². The molecule has 0 saturated carbocycles. The zero-order chi connectivity index (χ0) is 14.2. The first kappa shape index (κ1) is 16.2. The van der Waals surface area contributed by atoms with Gasteiger partial charge in [-0.2, -0.15) is 0 Å². The molecule has 20 heavy (non-hydrogen) atoms. The van der Waals surface area contributed by atoms with Gasteiger partial charge in [0.1, 0.15) is 0 Å². The fourth-order valence-corrected chi connectivity index (χ4v) is 3.13. The lowest BCUT2D eigenvalue weighted by molar-refractivity contribution is -0.0344. The molecule has 2 aliphatic heterocycles. The van der Waals surface area contributed by atoms with E-state index in [-0.39, 0.29) is 0 Å². The van der Waals surface area contributed by atoms with Crippen molar-refractivity contribution in [1.82, 2.24) is 9.80 Å². The molecule has 2 heterocycles. The molecule has 0 aromatic heterocycles. The summed E-state index contributed by atoms with van der Waals surface area (Å²) in [5.41, 5.74) is 0. The number of hydrogen-bond acceptors (Lipinski definition) is 4. The van der Waals surface area contributed by atoms with Gasteiger partial charge in [0.2, 0.25) is 0 Å². The van der Waals surface area contributed by atoms with Gasteiger partial charge in [0, 0.05) is 26.2 Å². The molecular formula is C16H32N2O2. The highest BCUT2D eigenvalue weighted by Crippen LogP contribution is 2.11. The van der Waals surface area contributed by atoms with E-state index in [1.807, 2.05) is 0 Å². The highest BCUT2D eigenvalue weighted by molar-refractivity contribution is 4.72. The molecule has 0 aromatic rings. The van der Waals surface area contributed by atoms with E-state index in [1.165, 1.54) is 25.9 Å². The fraction of sp³-hybridized carbons (Fsp3) is 1.00. The van der Waals surface area contributed by atoms with Crippen LogP contribution in [-0.2, 0) is 9.47 Å². The highest BCUT2D eigenvalue weighted by Gasteiger charge is 2.20. The normalized spacial score (nSPS) is 29.7. The van der Waals surface area contributed by atoms with Crippen molar-refractivity contribution in [2.75, 3.05) is 52.5 Å². The first-order valence-electron chi connectivity index (χ1n) is 8.49. The van der Waals surface area contributed by atoms with Gasteiger partial charge < -0.3 is 9.47 Å². The number of rotatable bonds is 7. The summed E-state index contributed by atoms with van der Waals surface area (Å²) in [6, 6.07) is 0. The molecule has 2 unspecified atom stereocenters. The third-order valence-corrected chi connectivity index (χ3v) is 4.56. The van der Waals surface area contributed by atoms with E-state index in [0.717, 1.165) is 52.2 Å². The molecule has 0 N–H and O–H groups in total. The molecule has 0 aromatic carbocycles. The van der Waals surface area contributed by atoms with E-state index in [9.17, 15) is 0 Å². The second-order valence-corrected chi connectivity index (χ2v) is 6.11. The van der Waals surface area contributed by atoms with Gasteiger partial charge in [-0.25, -0.2) is 0 Å². The Morgan fingerprint density at radius 1 is 0.800 bits per heavy atom. The first-order chi connectivity index (χ1) is 9.81. The Labute approximate surface area is 124 Å². The van der Waals surface area contributed by atoms with E-state index < -0.39 is 0 Å². The van der Waals surface area contributed by atoms with Crippen LogP contribution in [-0.4, -0.2) is 74.5 Å². The SMILES string of the molecule is CCC1CN(CCCCN2CCOC(CC)C2)CCO1. The molecule has 4 nitrogen and oxygen atoms in total. The second kappa shape index (κ2) is 8.98. The molecule has 2 fully saturated rings. The van der Waals surface area contributed by atoms with Crippen LogP contribution in [0.3, 0.4) is 0 Å². The number of morpholine rings is 2. The van der Waals surface area contributed by atoms with Gasteiger partial charge in [-0.1, -0.05) is 13.8 Å². The van der Waals surface area contributed by atoms with Gasteiger partial charge in [-0.15, -0.1) is 0 Å². The number of unbranched alkanes of at least 4 members (excludes halogenated alkanes) is 1. The average molecular weight is 284 g/mol. The minimum absolute atomic E-state index is 0.466. The van der Waals surface area contributed by atoms with Gasteiger partial charge in [0.05, 0.1) is 25.4 Å². The molecule has 2 rings (SSSR count). The van der Waals surface area contributed by atoms with E-state index in [1.54, 1.807) is 0 Å². The molecule has 0 aliphatic carbocycles. The summed E-state index contributed by atoms with van der Waals surface area (Å²) in [4.78, 5) is 5.15. The van der Waals surface area contributed by atoms with Crippen LogP contribution in [0, 0.1) is 0 Å². The summed E-state index contributed by atoms with van der Waals surface area (Å²) in [5.74, 6) is 0. The smallest absolute Gasteiger partial charge is 0.0700 e. The Morgan fingerprint density at radius 2 is 1.25 bits per heavy atom. The van der Waals surface area contributed by atoms with Crippen molar-refractivity contribution in [3.63, 3.8) is 0 Å². The number of ether oxygens (including phenoxy) is 2. The molecule has 0 amide bonds. The zero-order valence-corrected chi connectivity index (χ0v) is 13.4. The highest BCUT2D eigenvalue weighted by atomic mass is 16.5. The van der Waals surface area contributed by atoms with Gasteiger partial charge in [-0.05, 0) is 38.8 Å². The molecule has 2 atom stereocenters. The standard InChI is InChI=1S/C16H32N2O2/c1-3-15-13-17(9-11-19-15)7-5-6-8-18-10-12-20-16(4-2)14-18/h15-16H,3-14H2,1-2H3. The van der Waals surface area contributed by atoms with Crippen molar-refractivity contribution < 1.29 is 9.47 Å². The summed E-state index contributed by atoms with van der Waals surface area (Å²) in [6.45, 7) is 13.2. The summed E-state index contributed by atoms with van der Waals surface area (Å²) in [5, 5.41) is 0. The predicted molar refractivity (Wildman–Crippen MR) is 82.2 cm³/mol. The molecule has 0 spiro atoms. The van der Waals surface area contributed by atoms with Gasteiger partial charge in [-0.3, -0.25) is 9.80 Å². The van der Waals surface area contributed by atoms with Crippen LogP contribution in [0.25, 0.3) is 0 Å². The Balaban J connectivity index is 1.54. The van der Waals surface area contributed by atoms with Gasteiger partial charge in [0.25, 0.3) is 0 Å². The fourth-order valence-electron chi connectivity index (χ4n) is 3.13. The maximum Gasteiger partial charge on any atom is 0.0700 e. The van der Waals surface area contributed by atoms with Gasteiger partial charge >= 0.3 is 0 Å². The molecular weight excluding hydrogens is 252 g/mol. The molecule has 2 saturated heterocycles. The maximum atomic E-state index is 5.72. The monoisotopic (exact) mass is 284 g/mol. The Kier molecular flexibility index (Phi) is 7.28. The predicted octanol–water partition coefficient (Wildman–Crippen LogP) is 1.99. The Bertz CT molecular complexity index is 237. The summed E-state index contributed by atoms with van der Waals surface area (Å²) >= 11 is 0. The van der Waals surface area contributed by atoms with Crippen molar-refractivity contribution in [3.8, 4) is 0 Å².